The van der Waals surface area contributed by atoms with E-state index in [1.54, 1.807) is 12.1 Å². The monoisotopic (exact) mass is 300 g/mol. The smallest absolute Gasteiger partial charge is 0.406 e. The van der Waals surface area contributed by atoms with E-state index in [2.05, 4.69) is 11.7 Å². The molecule has 1 aliphatic rings. The van der Waals surface area contributed by atoms with Gasteiger partial charge in [0.05, 0.1) is 0 Å². The van der Waals surface area contributed by atoms with Crippen LogP contribution in [-0.4, -0.2) is 6.36 Å². The van der Waals surface area contributed by atoms with Crippen LogP contribution in [-0.2, 0) is 0 Å². The van der Waals surface area contributed by atoms with E-state index in [0.29, 0.717) is 5.92 Å². The molecule has 0 aliphatic heterocycles. The highest BCUT2D eigenvalue weighted by molar-refractivity contribution is 5.29. The molecule has 1 fully saturated rings. The molecule has 1 aliphatic carbocycles. The minimum absolute atomic E-state index is 0.136. The third-order valence-electron chi connectivity index (χ3n) is 4.40. The fourth-order valence-corrected chi connectivity index (χ4v) is 3.22. The van der Waals surface area contributed by atoms with Crippen molar-refractivity contribution in [2.24, 2.45) is 5.92 Å². The highest BCUT2D eigenvalue weighted by atomic mass is 19.4. The van der Waals surface area contributed by atoms with E-state index < -0.39 is 6.36 Å². The molecule has 0 spiro atoms. The van der Waals surface area contributed by atoms with E-state index in [1.165, 1.54) is 44.2 Å². The quantitative estimate of drug-likeness (QED) is 0.643. The Hall–Kier alpha value is -1.19. The third-order valence-corrected chi connectivity index (χ3v) is 4.40. The zero-order chi connectivity index (χ0) is 15.3. The fraction of sp³-hybridized carbons (Fsp3) is 0.647. The molecule has 1 nitrogen and oxygen atoms in total. The summed E-state index contributed by atoms with van der Waals surface area (Å²) in [6.07, 6.45) is 4.04. The van der Waals surface area contributed by atoms with Crippen LogP contribution >= 0.6 is 0 Å². The van der Waals surface area contributed by atoms with E-state index >= 15 is 0 Å². The minimum Gasteiger partial charge on any atom is -0.406 e. The molecule has 1 aromatic carbocycles. The highest BCUT2D eigenvalue weighted by Gasteiger charge is 2.31. The largest absolute Gasteiger partial charge is 0.573 e. The molecule has 2 rings (SSSR count). The topological polar surface area (TPSA) is 9.23 Å². The van der Waals surface area contributed by atoms with E-state index in [1.807, 2.05) is 0 Å². The lowest BCUT2D eigenvalue weighted by Gasteiger charge is -2.28. The highest BCUT2D eigenvalue weighted by Crippen LogP contribution is 2.38. The Kier molecular flexibility index (Phi) is 5.54. The Labute approximate surface area is 124 Å². The molecule has 0 saturated heterocycles. The van der Waals surface area contributed by atoms with Gasteiger partial charge in [0.15, 0.2) is 0 Å². The van der Waals surface area contributed by atoms with Gasteiger partial charge < -0.3 is 4.74 Å². The predicted octanol–water partition coefficient (Wildman–Crippen LogP) is 6.05. The van der Waals surface area contributed by atoms with Gasteiger partial charge in [0.25, 0.3) is 0 Å². The molecule has 1 aromatic rings. The van der Waals surface area contributed by atoms with Crippen molar-refractivity contribution in [2.45, 2.75) is 64.1 Å². The zero-order valence-corrected chi connectivity index (χ0v) is 12.5. The summed E-state index contributed by atoms with van der Waals surface area (Å²) >= 11 is 0. The van der Waals surface area contributed by atoms with Crippen molar-refractivity contribution >= 4 is 0 Å². The molecule has 0 bridgehead atoms. The van der Waals surface area contributed by atoms with Gasteiger partial charge in [0.1, 0.15) is 5.75 Å². The normalized spacial score (nSPS) is 23.0. The van der Waals surface area contributed by atoms with Crippen molar-refractivity contribution in [3.63, 3.8) is 0 Å². The first-order valence-electron chi connectivity index (χ1n) is 7.83. The first-order valence-corrected chi connectivity index (χ1v) is 7.83. The molecular weight excluding hydrogens is 277 g/mol. The number of rotatable bonds is 5. The summed E-state index contributed by atoms with van der Waals surface area (Å²) in [4.78, 5) is 0. The molecule has 0 heterocycles. The Morgan fingerprint density at radius 2 is 1.67 bits per heavy atom. The fourth-order valence-electron chi connectivity index (χ4n) is 3.22. The molecule has 0 unspecified atom stereocenters. The lowest BCUT2D eigenvalue weighted by atomic mass is 9.77. The molecule has 4 heteroatoms. The van der Waals surface area contributed by atoms with Crippen molar-refractivity contribution < 1.29 is 17.9 Å². The van der Waals surface area contributed by atoms with Crippen LogP contribution in [0.4, 0.5) is 13.2 Å². The van der Waals surface area contributed by atoms with Crippen LogP contribution in [0.2, 0.25) is 0 Å². The molecule has 0 aromatic heterocycles. The molecule has 118 valence electrons. The van der Waals surface area contributed by atoms with E-state index in [-0.39, 0.29) is 5.75 Å². The molecule has 1 saturated carbocycles. The van der Waals surface area contributed by atoms with Crippen molar-refractivity contribution in [1.82, 2.24) is 0 Å². The van der Waals surface area contributed by atoms with Crippen LogP contribution in [0.15, 0.2) is 24.3 Å². The van der Waals surface area contributed by atoms with Gasteiger partial charge in [-0.25, -0.2) is 0 Å². The van der Waals surface area contributed by atoms with Crippen LogP contribution in [0.5, 0.6) is 5.75 Å². The maximum absolute atomic E-state index is 12.1. The van der Waals surface area contributed by atoms with Crippen molar-refractivity contribution in [3.05, 3.63) is 29.8 Å². The van der Waals surface area contributed by atoms with Crippen LogP contribution < -0.4 is 4.74 Å². The van der Waals surface area contributed by atoms with Crippen LogP contribution in [0.25, 0.3) is 0 Å². The van der Waals surface area contributed by atoms with Gasteiger partial charge in [0.2, 0.25) is 0 Å². The van der Waals surface area contributed by atoms with E-state index in [9.17, 15) is 13.2 Å². The van der Waals surface area contributed by atoms with Crippen molar-refractivity contribution in [2.75, 3.05) is 0 Å². The average molecular weight is 300 g/mol. The Balaban J connectivity index is 1.86. The summed E-state index contributed by atoms with van der Waals surface area (Å²) in [7, 11) is 0. The Morgan fingerprint density at radius 3 is 2.19 bits per heavy atom. The lowest BCUT2D eigenvalue weighted by Crippen LogP contribution is -2.17. The number of alkyl halides is 3. The summed E-state index contributed by atoms with van der Waals surface area (Å²) in [5.74, 6) is 1.19. The van der Waals surface area contributed by atoms with Gasteiger partial charge in [-0.1, -0.05) is 38.3 Å². The van der Waals surface area contributed by atoms with Crippen molar-refractivity contribution in [3.8, 4) is 5.75 Å². The minimum atomic E-state index is -4.61. The molecule has 0 N–H and O–H groups in total. The number of ether oxygens (including phenoxy) is 1. The second-order valence-corrected chi connectivity index (χ2v) is 5.98. The number of hydrogen-bond donors (Lipinski definition) is 0. The molecule has 0 amide bonds. The van der Waals surface area contributed by atoms with Crippen molar-refractivity contribution in [1.29, 1.82) is 0 Å². The van der Waals surface area contributed by atoms with Gasteiger partial charge in [-0.3, -0.25) is 0 Å². The molecule has 21 heavy (non-hydrogen) atoms. The van der Waals surface area contributed by atoms with Gasteiger partial charge in [-0.2, -0.15) is 0 Å². The maximum atomic E-state index is 12.1. The van der Waals surface area contributed by atoms with E-state index in [0.717, 1.165) is 24.3 Å². The average Bonchev–Trinajstić information content (AvgIpc) is 2.45. The maximum Gasteiger partial charge on any atom is 0.573 e. The summed E-state index contributed by atoms with van der Waals surface area (Å²) in [6, 6.07) is 6.40. The molecule has 0 radical (unpaired) electrons. The SMILES string of the molecule is CCCC[C@H]1CC[C@H](c2ccc(OC(F)(F)F)cc2)CC1. The van der Waals surface area contributed by atoms with Crippen LogP contribution in [0.3, 0.4) is 0 Å². The van der Waals surface area contributed by atoms with E-state index in [4.69, 9.17) is 0 Å². The Bertz CT molecular complexity index is 417. The molecular formula is C17H23F3O. The predicted molar refractivity (Wildman–Crippen MR) is 77.3 cm³/mol. The number of unbranched alkanes of at least 4 members (excludes halogenated alkanes) is 1. The summed E-state index contributed by atoms with van der Waals surface area (Å²) < 4.78 is 40.3. The molecule has 0 atom stereocenters. The first-order chi connectivity index (χ1) is 9.98. The van der Waals surface area contributed by atoms with Crippen LogP contribution in [0.1, 0.15) is 63.4 Å². The second kappa shape index (κ2) is 7.19. The number of hydrogen-bond acceptors (Lipinski definition) is 1. The Morgan fingerprint density at radius 1 is 1.05 bits per heavy atom. The number of halogens is 3. The summed E-state index contributed by atoms with van der Waals surface area (Å²) in [5, 5.41) is 0. The zero-order valence-electron chi connectivity index (χ0n) is 12.5. The van der Waals surface area contributed by atoms with Gasteiger partial charge >= 0.3 is 6.36 Å². The summed E-state index contributed by atoms with van der Waals surface area (Å²) in [6.45, 7) is 2.22. The lowest BCUT2D eigenvalue weighted by molar-refractivity contribution is -0.274. The standard InChI is InChI=1S/C17H23F3O/c1-2-3-4-13-5-7-14(8-6-13)15-9-11-16(12-10-15)21-17(18,19)20/h9-14H,2-8H2,1H3/t13-,14-. The third kappa shape index (κ3) is 5.25. The van der Waals surface area contributed by atoms with Gasteiger partial charge in [-0.15, -0.1) is 13.2 Å². The first kappa shape index (κ1) is 16.2. The van der Waals surface area contributed by atoms with Gasteiger partial charge in [0, 0.05) is 0 Å². The number of benzene rings is 1. The summed E-state index contributed by atoms with van der Waals surface area (Å²) in [5.41, 5.74) is 1.14. The van der Waals surface area contributed by atoms with Crippen LogP contribution in [0, 0.1) is 5.92 Å². The van der Waals surface area contributed by atoms with Gasteiger partial charge in [-0.05, 0) is 55.2 Å². The second-order valence-electron chi connectivity index (χ2n) is 5.98.